The van der Waals surface area contributed by atoms with Crippen molar-refractivity contribution in [2.24, 2.45) is 5.92 Å². The van der Waals surface area contributed by atoms with Gasteiger partial charge in [0.25, 0.3) is 0 Å². The van der Waals surface area contributed by atoms with Crippen LogP contribution in [0.5, 0.6) is 5.75 Å². The van der Waals surface area contributed by atoms with Crippen molar-refractivity contribution in [3.8, 4) is 11.4 Å². The maximum Gasteiger partial charge on any atom is 0.123 e. The quantitative estimate of drug-likeness (QED) is 0.439. The summed E-state index contributed by atoms with van der Waals surface area (Å²) in [4.78, 5) is 5.11. The van der Waals surface area contributed by atoms with E-state index in [9.17, 15) is 0 Å². The molecule has 0 saturated carbocycles. The summed E-state index contributed by atoms with van der Waals surface area (Å²) < 4.78 is 12.8. The summed E-state index contributed by atoms with van der Waals surface area (Å²) in [6, 6.07) is 19.0. The van der Waals surface area contributed by atoms with E-state index in [4.69, 9.17) is 9.47 Å². The van der Waals surface area contributed by atoms with E-state index in [1.807, 2.05) is 29.2 Å². The van der Waals surface area contributed by atoms with E-state index in [1.165, 1.54) is 24.0 Å². The minimum atomic E-state index is 0.721. The first kappa shape index (κ1) is 23.5. The first-order valence-corrected chi connectivity index (χ1v) is 11.9. The molecule has 0 atom stereocenters. The third-order valence-corrected chi connectivity index (χ3v) is 6.53. The number of benzene rings is 2. The van der Waals surface area contributed by atoms with Crippen molar-refractivity contribution < 1.29 is 9.47 Å². The van der Waals surface area contributed by atoms with E-state index in [0.717, 1.165) is 63.2 Å². The Morgan fingerprint density at radius 2 is 1.79 bits per heavy atom. The molecule has 0 aliphatic carbocycles. The summed E-state index contributed by atoms with van der Waals surface area (Å²) in [5.41, 5.74) is 3.70. The molecule has 3 aromatic rings. The first-order valence-electron chi connectivity index (χ1n) is 11.9. The van der Waals surface area contributed by atoms with E-state index < -0.39 is 0 Å². The Morgan fingerprint density at radius 1 is 1.00 bits per heavy atom. The van der Waals surface area contributed by atoms with Crippen molar-refractivity contribution in [2.75, 3.05) is 47.0 Å². The van der Waals surface area contributed by atoms with Crippen LogP contribution in [0.1, 0.15) is 24.0 Å². The molecular formula is C27H36N4O2. The lowest BCUT2D eigenvalue weighted by Crippen LogP contribution is -2.39. The second-order valence-electron chi connectivity index (χ2n) is 8.88. The van der Waals surface area contributed by atoms with Gasteiger partial charge in [0.2, 0.25) is 0 Å². The fraction of sp³-hybridized carbons (Fsp3) is 0.444. The number of hydrogen-bond donors (Lipinski definition) is 0. The average Bonchev–Trinajstić information content (AvgIpc) is 3.40. The van der Waals surface area contributed by atoms with Gasteiger partial charge in [0.05, 0.1) is 19.4 Å². The predicted octanol–water partition coefficient (Wildman–Crippen LogP) is 4.24. The topological polar surface area (TPSA) is 42.8 Å². The van der Waals surface area contributed by atoms with Gasteiger partial charge in [-0.15, -0.1) is 0 Å². The molecule has 1 aliphatic heterocycles. The third-order valence-electron chi connectivity index (χ3n) is 6.53. The number of hydrogen-bond acceptors (Lipinski definition) is 5. The highest BCUT2D eigenvalue weighted by atomic mass is 16.5. The second-order valence-corrected chi connectivity index (χ2v) is 8.88. The molecule has 1 aromatic heterocycles. The molecule has 0 spiro atoms. The van der Waals surface area contributed by atoms with Crippen LogP contribution in [0.2, 0.25) is 0 Å². The number of para-hydroxylation sites is 1. The molecule has 4 rings (SSSR count). The van der Waals surface area contributed by atoms with Crippen LogP contribution < -0.4 is 4.74 Å². The van der Waals surface area contributed by atoms with Gasteiger partial charge < -0.3 is 9.47 Å². The van der Waals surface area contributed by atoms with Gasteiger partial charge in [-0.2, -0.15) is 5.10 Å². The summed E-state index contributed by atoms with van der Waals surface area (Å²) in [5.74, 6) is 1.71. The molecule has 1 aliphatic rings. The summed E-state index contributed by atoms with van der Waals surface area (Å²) in [6.45, 7) is 7.03. The Morgan fingerprint density at radius 3 is 2.48 bits per heavy atom. The van der Waals surface area contributed by atoms with Gasteiger partial charge in [-0.3, -0.25) is 9.80 Å². The van der Waals surface area contributed by atoms with E-state index >= 15 is 0 Å². The maximum absolute atomic E-state index is 5.53. The normalized spacial score (nSPS) is 15.2. The molecule has 0 N–H and O–H groups in total. The largest absolute Gasteiger partial charge is 0.496 e. The number of likely N-dealkylation sites (tertiary alicyclic amines) is 1. The number of piperidine rings is 1. The standard InChI is InChI=1S/C27H36N4O2/c1-32-19-18-30(20-23-8-10-26(11-9-23)31-15-5-14-28-31)21-24-12-16-29(17-13-24)22-25-6-3-4-7-27(25)33-2/h3-11,14-15,24H,12-13,16-22H2,1-2H3. The Balaban J connectivity index is 1.29. The third kappa shape index (κ3) is 6.67. The highest BCUT2D eigenvalue weighted by molar-refractivity contribution is 5.34. The lowest BCUT2D eigenvalue weighted by Gasteiger charge is -2.35. The van der Waals surface area contributed by atoms with Crippen LogP contribution in [0.3, 0.4) is 0 Å². The summed E-state index contributed by atoms with van der Waals surface area (Å²) in [6.07, 6.45) is 6.25. The van der Waals surface area contributed by atoms with E-state index in [-0.39, 0.29) is 0 Å². The molecule has 1 saturated heterocycles. The maximum atomic E-state index is 5.53. The second kappa shape index (κ2) is 12.0. The monoisotopic (exact) mass is 448 g/mol. The van der Waals surface area contributed by atoms with Crippen LogP contribution in [0, 0.1) is 5.92 Å². The van der Waals surface area contributed by atoms with Gasteiger partial charge >= 0.3 is 0 Å². The molecule has 0 unspecified atom stereocenters. The predicted molar refractivity (Wildman–Crippen MR) is 132 cm³/mol. The molecule has 176 valence electrons. The van der Waals surface area contributed by atoms with Crippen molar-refractivity contribution in [1.82, 2.24) is 19.6 Å². The van der Waals surface area contributed by atoms with Crippen molar-refractivity contribution in [3.63, 3.8) is 0 Å². The molecule has 6 heteroatoms. The molecular weight excluding hydrogens is 412 g/mol. The van der Waals surface area contributed by atoms with Gasteiger partial charge in [0, 0.05) is 51.2 Å². The Kier molecular flexibility index (Phi) is 8.53. The average molecular weight is 449 g/mol. The molecule has 0 amide bonds. The van der Waals surface area contributed by atoms with Gasteiger partial charge in [0.1, 0.15) is 5.75 Å². The molecule has 0 bridgehead atoms. The fourth-order valence-corrected chi connectivity index (χ4v) is 4.66. The van der Waals surface area contributed by atoms with Crippen LogP contribution in [0.4, 0.5) is 0 Å². The Labute approximate surface area is 197 Å². The molecule has 2 aromatic carbocycles. The number of methoxy groups -OCH3 is 2. The van der Waals surface area contributed by atoms with E-state index in [0.29, 0.717) is 0 Å². The van der Waals surface area contributed by atoms with Crippen molar-refractivity contribution in [3.05, 3.63) is 78.1 Å². The summed E-state index contributed by atoms with van der Waals surface area (Å²) in [5, 5.41) is 4.32. The Hall–Kier alpha value is -2.67. The highest BCUT2D eigenvalue weighted by Gasteiger charge is 2.22. The van der Waals surface area contributed by atoms with Crippen LogP contribution in [0.25, 0.3) is 5.69 Å². The van der Waals surface area contributed by atoms with Gasteiger partial charge in [-0.1, -0.05) is 30.3 Å². The number of ether oxygens (including phenoxy) is 2. The number of nitrogens with zero attached hydrogens (tertiary/aromatic N) is 4. The zero-order chi connectivity index (χ0) is 22.9. The van der Waals surface area contributed by atoms with Crippen LogP contribution in [0.15, 0.2) is 67.0 Å². The number of aromatic nitrogens is 2. The van der Waals surface area contributed by atoms with Crippen molar-refractivity contribution >= 4 is 0 Å². The molecule has 0 radical (unpaired) electrons. The molecule has 2 heterocycles. The molecule has 6 nitrogen and oxygen atoms in total. The summed E-state index contributed by atoms with van der Waals surface area (Å²) in [7, 11) is 3.54. The van der Waals surface area contributed by atoms with Crippen molar-refractivity contribution in [1.29, 1.82) is 0 Å². The highest BCUT2D eigenvalue weighted by Crippen LogP contribution is 2.24. The molecule has 33 heavy (non-hydrogen) atoms. The SMILES string of the molecule is COCCN(Cc1ccc(-n2cccn2)cc1)CC1CCN(Cc2ccccc2OC)CC1. The molecule has 1 fully saturated rings. The van der Waals surface area contributed by atoms with Crippen LogP contribution >= 0.6 is 0 Å². The van der Waals surface area contributed by atoms with Crippen LogP contribution in [-0.2, 0) is 17.8 Å². The van der Waals surface area contributed by atoms with Gasteiger partial charge in [-0.25, -0.2) is 4.68 Å². The first-order chi connectivity index (χ1) is 16.2. The van der Waals surface area contributed by atoms with E-state index in [1.54, 1.807) is 14.2 Å². The lowest BCUT2D eigenvalue weighted by atomic mass is 9.95. The summed E-state index contributed by atoms with van der Waals surface area (Å²) >= 11 is 0. The Bertz CT molecular complexity index is 951. The zero-order valence-electron chi connectivity index (χ0n) is 19.9. The van der Waals surface area contributed by atoms with Gasteiger partial charge in [0.15, 0.2) is 0 Å². The smallest absolute Gasteiger partial charge is 0.123 e. The minimum Gasteiger partial charge on any atom is -0.496 e. The van der Waals surface area contributed by atoms with Gasteiger partial charge in [-0.05, 0) is 61.7 Å². The fourth-order valence-electron chi connectivity index (χ4n) is 4.66. The zero-order valence-corrected chi connectivity index (χ0v) is 19.9. The lowest BCUT2D eigenvalue weighted by molar-refractivity contribution is 0.106. The van der Waals surface area contributed by atoms with Crippen molar-refractivity contribution in [2.45, 2.75) is 25.9 Å². The van der Waals surface area contributed by atoms with Crippen LogP contribution in [-0.4, -0.2) is 66.6 Å². The van der Waals surface area contributed by atoms with E-state index in [2.05, 4.69) is 57.4 Å². The minimum absolute atomic E-state index is 0.721. The number of rotatable bonds is 11.